The van der Waals surface area contributed by atoms with E-state index in [2.05, 4.69) is 20.8 Å². The van der Waals surface area contributed by atoms with Crippen LogP contribution in [-0.2, 0) is 4.79 Å². The van der Waals surface area contributed by atoms with E-state index in [9.17, 15) is 14.4 Å². The zero-order valence-electron chi connectivity index (χ0n) is 16.5. The highest BCUT2D eigenvalue weighted by Gasteiger charge is 2.16. The number of rotatable bonds is 8. The largest absolute Gasteiger partial charge is 0.496 e. The molecular weight excluding hydrogens is 460 g/mol. The predicted molar refractivity (Wildman–Crippen MR) is 122 cm³/mol. The fourth-order valence-corrected chi connectivity index (χ4v) is 4.17. The van der Waals surface area contributed by atoms with Gasteiger partial charge >= 0.3 is 0 Å². The zero-order chi connectivity index (χ0) is 22.4. The Morgan fingerprint density at radius 3 is 2.52 bits per heavy atom. The van der Waals surface area contributed by atoms with E-state index >= 15 is 0 Å². The van der Waals surface area contributed by atoms with Crippen LogP contribution in [0.25, 0.3) is 0 Å². The van der Waals surface area contributed by atoms with Crippen LogP contribution in [0.3, 0.4) is 0 Å². The molecule has 0 aliphatic heterocycles. The minimum absolute atomic E-state index is 0.0404. The average Bonchev–Trinajstić information content (AvgIpc) is 3.20. The number of ether oxygens (including phenoxy) is 1. The third kappa shape index (κ3) is 6.27. The molecule has 0 atom stereocenters. The van der Waals surface area contributed by atoms with Crippen LogP contribution < -0.4 is 15.4 Å². The van der Waals surface area contributed by atoms with Crippen LogP contribution >= 0.6 is 34.7 Å². The number of nitrogens with one attached hydrogen (secondary N) is 2. The standard InChI is InChI=1S/C20H17ClN4O4S2/c1-11(26)12-3-6-14(7-4-12)22-17(27)10-30-20-25-24-19(31-20)23-18(28)15-9-13(21)5-8-16(15)29-2/h3-9H,10H2,1-2H3,(H,22,27)(H,23,24,28). The Bertz CT molecular complexity index is 1120. The summed E-state index contributed by atoms with van der Waals surface area (Å²) in [5, 5.41) is 14.0. The predicted octanol–water partition coefficient (Wildman–Crippen LogP) is 4.39. The number of carbonyl (C=O) groups excluding carboxylic acids is 3. The number of aromatic nitrogens is 2. The fourth-order valence-electron chi connectivity index (χ4n) is 2.45. The molecule has 0 aliphatic carbocycles. The number of carbonyl (C=O) groups is 3. The van der Waals surface area contributed by atoms with Gasteiger partial charge in [0, 0.05) is 16.3 Å². The van der Waals surface area contributed by atoms with Crippen LogP contribution in [0.2, 0.25) is 5.02 Å². The first-order chi connectivity index (χ1) is 14.9. The Kier molecular flexibility index (Phi) is 7.61. The molecule has 1 heterocycles. The molecule has 0 radical (unpaired) electrons. The number of halogens is 1. The van der Waals surface area contributed by atoms with Crippen molar-refractivity contribution in [3.8, 4) is 5.75 Å². The van der Waals surface area contributed by atoms with Crippen molar-refractivity contribution in [2.75, 3.05) is 23.5 Å². The molecule has 3 rings (SSSR count). The third-order valence-electron chi connectivity index (χ3n) is 3.93. The molecule has 2 aromatic carbocycles. The molecule has 160 valence electrons. The maximum Gasteiger partial charge on any atom is 0.261 e. The van der Waals surface area contributed by atoms with Crippen molar-refractivity contribution in [1.29, 1.82) is 0 Å². The minimum Gasteiger partial charge on any atom is -0.496 e. The molecule has 31 heavy (non-hydrogen) atoms. The van der Waals surface area contributed by atoms with Crippen LogP contribution in [0.1, 0.15) is 27.6 Å². The maximum atomic E-state index is 12.5. The topological polar surface area (TPSA) is 110 Å². The minimum atomic E-state index is -0.432. The normalized spacial score (nSPS) is 10.4. The summed E-state index contributed by atoms with van der Waals surface area (Å²) in [5.41, 5.74) is 1.44. The van der Waals surface area contributed by atoms with Gasteiger partial charge in [0.2, 0.25) is 11.0 Å². The highest BCUT2D eigenvalue weighted by Crippen LogP contribution is 2.28. The summed E-state index contributed by atoms with van der Waals surface area (Å²) in [6.45, 7) is 1.48. The van der Waals surface area contributed by atoms with Gasteiger partial charge in [-0.3, -0.25) is 19.7 Å². The summed E-state index contributed by atoms with van der Waals surface area (Å²) in [5.74, 6) is -0.210. The quantitative estimate of drug-likeness (QED) is 0.282. The van der Waals surface area contributed by atoms with E-state index in [-0.39, 0.29) is 28.1 Å². The molecule has 0 bridgehead atoms. The number of hydrogen-bond donors (Lipinski definition) is 2. The van der Waals surface area contributed by atoms with Crippen LogP contribution in [0.15, 0.2) is 46.8 Å². The van der Waals surface area contributed by atoms with Crippen molar-refractivity contribution in [1.82, 2.24) is 10.2 Å². The van der Waals surface area contributed by atoms with Gasteiger partial charge in [-0.05, 0) is 49.4 Å². The second-order valence-electron chi connectivity index (χ2n) is 6.14. The van der Waals surface area contributed by atoms with Gasteiger partial charge in [0.15, 0.2) is 10.1 Å². The van der Waals surface area contributed by atoms with E-state index in [1.807, 2.05) is 0 Å². The average molecular weight is 477 g/mol. The molecule has 0 saturated heterocycles. The first-order valence-corrected chi connectivity index (χ1v) is 11.1. The van der Waals surface area contributed by atoms with Crippen molar-refractivity contribution in [3.05, 3.63) is 58.6 Å². The summed E-state index contributed by atoms with van der Waals surface area (Å²) in [6, 6.07) is 11.4. The van der Waals surface area contributed by atoms with Crippen molar-refractivity contribution >= 4 is 63.1 Å². The van der Waals surface area contributed by atoms with E-state index in [1.165, 1.54) is 31.9 Å². The summed E-state index contributed by atoms with van der Waals surface area (Å²) in [7, 11) is 1.46. The van der Waals surface area contributed by atoms with Gasteiger partial charge in [0.1, 0.15) is 5.75 Å². The molecule has 0 fully saturated rings. The Morgan fingerprint density at radius 1 is 1.10 bits per heavy atom. The van der Waals surface area contributed by atoms with Gasteiger partial charge < -0.3 is 10.1 Å². The van der Waals surface area contributed by atoms with Gasteiger partial charge in [-0.1, -0.05) is 34.7 Å². The monoisotopic (exact) mass is 476 g/mol. The number of benzene rings is 2. The molecule has 0 spiro atoms. The van der Waals surface area contributed by atoms with Crippen molar-refractivity contribution in [2.45, 2.75) is 11.3 Å². The number of amides is 2. The van der Waals surface area contributed by atoms with Gasteiger partial charge in [0.25, 0.3) is 5.91 Å². The lowest BCUT2D eigenvalue weighted by molar-refractivity contribution is -0.113. The van der Waals surface area contributed by atoms with E-state index in [0.717, 1.165) is 11.3 Å². The van der Waals surface area contributed by atoms with Crippen molar-refractivity contribution in [3.63, 3.8) is 0 Å². The molecule has 1 aromatic heterocycles. The highest BCUT2D eigenvalue weighted by atomic mass is 35.5. The first-order valence-electron chi connectivity index (χ1n) is 8.87. The summed E-state index contributed by atoms with van der Waals surface area (Å²) in [6.07, 6.45) is 0. The van der Waals surface area contributed by atoms with Gasteiger partial charge in [-0.25, -0.2) is 0 Å². The van der Waals surface area contributed by atoms with E-state index in [4.69, 9.17) is 16.3 Å². The molecule has 0 aliphatic rings. The second-order valence-corrected chi connectivity index (χ2v) is 8.78. The molecule has 0 saturated carbocycles. The van der Waals surface area contributed by atoms with Crippen LogP contribution in [0, 0.1) is 0 Å². The molecule has 2 N–H and O–H groups in total. The lowest BCUT2D eigenvalue weighted by Crippen LogP contribution is -2.14. The Balaban J connectivity index is 1.54. The molecule has 0 unspecified atom stereocenters. The Hall–Kier alpha value is -2.95. The van der Waals surface area contributed by atoms with Gasteiger partial charge in [0.05, 0.1) is 18.4 Å². The molecular formula is C20H17ClN4O4S2. The smallest absolute Gasteiger partial charge is 0.261 e. The van der Waals surface area contributed by atoms with Gasteiger partial charge in [-0.2, -0.15) is 0 Å². The summed E-state index contributed by atoms with van der Waals surface area (Å²) < 4.78 is 5.70. The number of Topliss-reactive ketones (excluding diaryl/α,β-unsaturated/α-hetero) is 1. The number of anilines is 2. The molecule has 8 nitrogen and oxygen atoms in total. The SMILES string of the molecule is COc1ccc(Cl)cc1C(=O)Nc1nnc(SCC(=O)Nc2ccc(C(C)=O)cc2)s1. The second kappa shape index (κ2) is 10.4. The molecule has 3 aromatic rings. The van der Waals surface area contributed by atoms with Crippen LogP contribution in [-0.4, -0.2) is 40.7 Å². The number of ketones is 1. The van der Waals surface area contributed by atoms with E-state index in [0.29, 0.717) is 26.4 Å². The van der Waals surface area contributed by atoms with E-state index < -0.39 is 5.91 Å². The number of nitrogens with zero attached hydrogens (tertiary/aromatic N) is 2. The fraction of sp³-hybridized carbons (Fsp3) is 0.150. The summed E-state index contributed by atoms with van der Waals surface area (Å²) >= 11 is 8.29. The van der Waals surface area contributed by atoms with Crippen molar-refractivity contribution in [2.24, 2.45) is 0 Å². The number of thioether (sulfide) groups is 1. The molecule has 11 heteroatoms. The first kappa shape index (κ1) is 22.7. The summed E-state index contributed by atoms with van der Waals surface area (Å²) in [4.78, 5) is 35.9. The van der Waals surface area contributed by atoms with Crippen molar-refractivity contribution < 1.29 is 19.1 Å². The molecule has 2 amide bonds. The Labute approximate surface area is 191 Å². The van der Waals surface area contributed by atoms with Crippen LogP contribution in [0.5, 0.6) is 5.75 Å². The van der Waals surface area contributed by atoms with E-state index in [1.54, 1.807) is 36.4 Å². The lowest BCUT2D eigenvalue weighted by atomic mass is 10.1. The van der Waals surface area contributed by atoms with Gasteiger partial charge in [-0.15, -0.1) is 10.2 Å². The Morgan fingerprint density at radius 2 is 1.84 bits per heavy atom. The third-order valence-corrected chi connectivity index (χ3v) is 6.14. The van der Waals surface area contributed by atoms with Crippen LogP contribution in [0.4, 0.5) is 10.8 Å². The zero-order valence-corrected chi connectivity index (χ0v) is 18.9. The number of hydrogen-bond acceptors (Lipinski definition) is 8. The maximum absolute atomic E-state index is 12.5. The lowest BCUT2D eigenvalue weighted by Gasteiger charge is -2.07. The highest BCUT2D eigenvalue weighted by molar-refractivity contribution is 8.01. The number of methoxy groups -OCH3 is 1.